The molecule has 0 bridgehead atoms. The molecule has 4 heterocycles. The smallest absolute Gasteiger partial charge is 0.303 e. The molecule has 2 aliphatic rings. The minimum Gasteiger partial charge on any atom is -0.463 e. The van der Waals surface area contributed by atoms with Crippen molar-refractivity contribution in [1.29, 1.82) is 0 Å². The number of hydrogen-bond donors (Lipinski definition) is 2. The molecule has 0 spiro atoms. The summed E-state index contributed by atoms with van der Waals surface area (Å²) in [5, 5.41) is 42.3. The Kier molecular flexibility index (Phi) is 14.6. The number of nitrogens with zero attached hydrogens (tertiary/aromatic N) is 6. The van der Waals surface area contributed by atoms with Crippen LogP contribution in [0.3, 0.4) is 0 Å². The molecule has 2 aromatic carbocycles. The molecule has 10 atom stereocenters. The maximum atomic E-state index is 14.3. The fourth-order valence-corrected chi connectivity index (χ4v) is 8.65. The van der Waals surface area contributed by atoms with E-state index in [1.807, 2.05) is 0 Å². The number of thioether (sulfide) groups is 1. The maximum absolute atomic E-state index is 14.3. The van der Waals surface area contributed by atoms with Crippen molar-refractivity contribution in [3.8, 4) is 22.5 Å². The summed E-state index contributed by atoms with van der Waals surface area (Å²) in [7, 11) is 0. The van der Waals surface area contributed by atoms with E-state index in [2.05, 4.69) is 20.6 Å². The van der Waals surface area contributed by atoms with Gasteiger partial charge in [-0.3, -0.25) is 28.8 Å². The van der Waals surface area contributed by atoms with Crippen LogP contribution in [0.15, 0.2) is 60.9 Å². The molecule has 2 aliphatic heterocycles. The van der Waals surface area contributed by atoms with Gasteiger partial charge in [0.1, 0.15) is 59.3 Å². The lowest BCUT2D eigenvalue weighted by molar-refractivity contribution is -0.308. The Morgan fingerprint density at radius 3 is 1.28 bits per heavy atom. The molecule has 2 saturated heterocycles. The number of ether oxygens (including phenoxy) is 8. The van der Waals surface area contributed by atoms with Gasteiger partial charge in [-0.15, -0.1) is 10.2 Å². The summed E-state index contributed by atoms with van der Waals surface area (Å²) in [6.07, 6.45) is -9.11. The fraction of sp³-hybridized carbons (Fsp3) is 0.450. The highest BCUT2D eigenvalue weighted by Gasteiger charge is 2.67. The van der Waals surface area contributed by atoms with E-state index < -0.39 is 120 Å². The van der Waals surface area contributed by atoms with Gasteiger partial charge in [0.2, 0.25) is 11.4 Å². The number of halogens is 2. The Morgan fingerprint density at radius 2 is 0.954 bits per heavy atom. The molecule has 22 nitrogen and oxygen atoms in total. The van der Waals surface area contributed by atoms with E-state index in [-0.39, 0.29) is 22.5 Å². The standard InChI is InChI=1S/C40H42F2N6O16S/c1-19(49)57-17-31-33(59-21(3)51)39(55,47-15-29(43-45-47)25-9-7-11-27(41)13-25)35(61-23(5)53)37(63-31)65-38-36(62-24(6)54)40(56,34(60-22(4)52)32(64-38)18-58-20(2)50)48-16-30(44-46-48)26-10-8-12-28(42)14-26/h7-16,31-38,55-56H,17-18H2,1-6H3/t31-,32-,33+,34+,35+,36+,37+,38+,39+,40+/m1/s1. The summed E-state index contributed by atoms with van der Waals surface area (Å²) >= 11 is 0.461. The van der Waals surface area contributed by atoms with Gasteiger partial charge in [-0.05, 0) is 24.3 Å². The summed E-state index contributed by atoms with van der Waals surface area (Å²) in [5.41, 5.74) is -9.08. The topological polar surface area (TPSA) is 278 Å². The Balaban J connectivity index is 1.54. The van der Waals surface area contributed by atoms with Gasteiger partial charge in [0.25, 0.3) is 0 Å². The van der Waals surface area contributed by atoms with Gasteiger partial charge in [0.15, 0.2) is 24.4 Å². The molecule has 0 aliphatic carbocycles. The quantitative estimate of drug-likeness (QED) is 0.134. The summed E-state index contributed by atoms with van der Waals surface area (Å²) in [4.78, 5) is 75.8. The maximum Gasteiger partial charge on any atom is 0.303 e. The molecule has 2 aromatic heterocycles. The Labute approximate surface area is 371 Å². The number of rotatable bonds is 14. The molecule has 0 unspecified atom stereocenters. The molecule has 0 radical (unpaired) electrons. The lowest BCUT2D eigenvalue weighted by atomic mass is 9.91. The first kappa shape index (κ1) is 48.1. The zero-order chi connectivity index (χ0) is 47.4. The van der Waals surface area contributed by atoms with E-state index in [0.717, 1.165) is 75.4 Å². The van der Waals surface area contributed by atoms with Crippen molar-refractivity contribution in [2.75, 3.05) is 13.2 Å². The van der Waals surface area contributed by atoms with Gasteiger partial charge < -0.3 is 48.1 Å². The fourth-order valence-electron chi connectivity index (χ4n) is 7.18. The average Bonchev–Trinajstić information content (AvgIpc) is 3.93. The number of esters is 6. The van der Waals surface area contributed by atoms with Crippen LogP contribution in [-0.4, -0.2) is 137 Å². The van der Waals surface area contributed by atoms with Crippen molar-refractivity contribution < 1.29 is 85.7 Å². The molecule has 65 heavy (non-hydrogen) atoms. The third kappa shape index (κ3) is 10.6. The second kappa shape index (κ2) is 19.8. The third-order valence-electron chi connectivity index (χ3n) is 9.77. The second-order valence-electron chi connectivity index (χ2n) is 14.6. The Morgan fingerprint density at radius 1 is 0.600 bits per heavy atom. The van der Waals surface area contributed by atoms with E-state index in [1.54, 1.807) is 0 Å². The van der Waals surface area contributed by atoms with Gasteiger partial charge in [0, 0.05) is 52.7 Å². The van der Waals surface area contributed by atoms with Crippen molar-refractivity contribution >= 4 is 47.6 Å². The highest BCUT2D eigenvalue weighted by atomic mass is 32.2. The molecule has 2 fully saturated rings. The van der Waals surface area contributed by atoms with Gasteiger partial charge in [-0.1, -0.05) is 46.5 Å². The van der Waals surface area contributed by atoms with Crippen molar-refractivity contribution in [1.82, 2.24) is 30.0 Å². The van der Waals surface area contributed by atoms with Crippen LogP contribution in [0.25, 0.3) is 22.5 Å². The average molecular weight is 933 g/mol. The molecule has 348 valence electrons. The zero-order valence-electron chi connectivity index (χ0n) is 35.3. The van der Waals surface area contributed by atoms with E-state index in [4.69, 9.17) is 37.9 Å². The van der Waals surface area contributed by atoms with Crippen LogP contribution in [0.2, 0.25) is 0 Å². The van der Waals surface area contributed by atoms with E-state index in [9.17, 15) is 47.8 Å². The molecule has 0 amide bonds. The summed E-state index contributed by atoms with van der Waals surface area (Å²) in [6.45, 7) is 4.53. The lowest BCUT2D eigenvalue weighted by Crippen LogP contribution is -2.71. The van der Waals surface area contributed by atoms with Crippen LogP contribution in [-0.2, 0) is 78.1 Å². The number of carbonyl (C=O) groups excluding carboxylic acids is 6. The van der Waals surface area contributed by atoms with Gasteiger partial charge in [-0.25, -0.2) is 18.1 Å². The second-order valence-corrected chi connectivity index (χ2v) is 15.8. The first-order valence-electron chi connectivity index (χ1n) is 19.4. The van der Waals surface area contributed by atoms with Gasteiger partial charge in [-0.2, -0.15) is 0 Å². The largest absolute Gasteiger partial charge is 0.463 e. The van der Waals surface area contributed by atoms with Crippen LogP contribution in [0, 0.1) is 11.6 Å². The minimum absolute atomic E-state index is 0.0285. The SMILES string of the molecule is CC(=O)OC[C@H]1O[C@@H](S[C@@H]2O[C@H](COC(C)=O)[C@H](OC(C)=O)[C@@](O)(n3cc(-c4cccc(F)c4)nn3)[C@H]2OC(C)=O)[C@H](OC(C)=O)[C@](O)(n2cc(-c3cccc(F)c3)nn2)[C@H]1OC(C)=O. The number of benzene rings is 2. The van der Waals surface area contributed by atoms with Crippen molar-refractivity contribution in [3.05, 3.63) is 72.6 Å². The van der Waals surface area contributed by atoms with Crippen LogP contribution in [0.1, 0.15) is 41.5 Å². The van der Waals surface area contributed by atoms with Gasteiger partial charge >= 0.3 is 35.8 Å². The molecule has 2 N–H and O–H groups in total. The number of carbonyl (C=O) groups is 6. The van der Waals surface area contributed by atoms with E-state index >= 15 is 0 Å². The first-order chi connectivity index (χ1) is 30.7. The van der Waals surface area contributed by atoms with Crippen LogP contribution in [0.4, 0.5) is 8.78 Å². The highest BCUT2D eigenvalue weighted by molar-refractivity contribution is 8.00. The van der Waals surface area contributed by atoms with Crippen molar-refractivity contribution in [3.63, 3.8) is 0 Å². The predicted octanol–water partition coefficient (Wildman–Crippen LogP) is 1.51. The Bertz CT molecular complexity index is 2280. The molecule has 4 aromatic rings. The number of aromatic nitrogens is 6. The first-order valence-corrected chi connectivity index (χ1v) is 20.4. The minimum atomic E-state index is -2.87. The monoisotopic (exact) mass is 932 g/mol. The lowest BCUT2D eigenvalue weighted by Gasteiger charge is -2.52. The van der Waals surface area contributed by atoms with Crippen LogP contribution in [0.5, 0.6) is 0 Å². The Hall–Kier alpha value is -6.41. The zero-order valence-corrected chi connectivity index (χ0v) is 36.1. The van der Waals surface area contributed by atoms with Gasteiger partial charge in [0.05, 0.1) is 12.4 Å². The van der Waals surface area contributed by atoms with Crippen molar-refractivity contribution in [2.24, 2.45) is 0 Å². The normalized spacial score (nSPS) is 27.5. The summed E-state index contributed by atoms with van der Waals surface area (Å²) in [5.74, 6) is -7.10. The van der Waals surface area contributed by atoms with Crippen LogP contribution < -0.4 is 0 Å². The summed E-state index contributed by atoms with van der Waals surface area (Å²) < 4.78 is 76.0. The molecular formula is C40H42F2N6O16S. The van der Waals surface area contributed by atoms with Crippen LogP contribution >= 0.6 is 11.8 Å². The molecular weight excluding hydrogens is 891 g/mol. The molecule has 6 rings (SSSR count). The number of hydrogen-bond acceptors (Lipinski definition) is 21. The van der Waals surface area contributed by atoms with Crippen molar-refractivity contribution in [2.45, 2.75) is 100 Å². The third-order valence-corrected chi connectivity index (χ3v) is 11.0. The highest BCUT2D eigenvalue weighted by Crippen LogP contribution is 2.48. The molecule has 0 saturated carbocycles. The number of aliphatic hydroxyl groups is 2. The van der Waals surface area contributed by atoms with E-state index in [1.165, 1.54) is 36.4 Å². The molecule has 25 heteroatoms. The summed E-state index contributed by atoms with van der Waals surface area (Å²) in [6, 6.07) is 10.3. The predicted molar refractivity (Wildman–Crippen MR) is 212 cm³/mol. The van der Waals surface area contributed by atoms with E-state index in [0.29, 0.717) is 11.8 Å².